The van der Waals surface area contributed by atoms with E-state index in [2.05, 4.69) is 11.8 Å². The zero-order valence-electron chi connectivity index (χ0n) is 10.1. The van der Waals surface area contributed by atoms with Crippen LogP contribution in [0.3, 0.4) is 0 Å². The minimum atomic E-state index is 0.0928. The van der Waals surface area contributed by atoms with E-state index in [1.165, 1.54) is 6.07 Å². The van der Waals surface area contributed by atoms with Crippen LogP contribution in [0, 0.1) is 0 Å². The van der Waals surface area contributed by atoms with Crippen molar-refractivity contribution >= 4 is 0 Å². The second-order valence-corrected chi connectivity index (χ2v) is 4.69. The average Bonchev–Trinajstić information content (AvgIpc) is 2.76. The molecular formula is C13H20N2O2. The summed E-state index contributed by atoms with van der Waals surface area (Å²) in [4.78, 5) is 2.33. The Labute approximate surface area is 102 Å². The van der Waals surface area contributed by atoms with E-state index in [1.807, 2.05) is 0 Å². The summed E-state index contributed by atoms with van der Waals surface area (Å²) in [6.45, 7) is 3.74. The third-order valence-corrected chi connectivity index (χ3v) is 3.66. The van der Waals surface area contributed by atoms with Crippen LogP contribution in [0.15, 0.2) is 18.2 Å². The molecule has 4 N–H and O–H groups in total. The van der Waals surface area contributed by atoms with Gasteiger partial charge in [-0.25, -0.2) is 0 Å². The van der Waals surface area contributed by atoms with Crippen molar-refractivity contribution in [2.45, 2.75) is 31.8 Å². The molecule has 1 heterocycles. The van der Waals surface area contributed by atoms with Crippen LogP contribution in [0.25, 0.3) is 0 Å². The molecule has 2 unspecified atom stereocenters. The maximum Gasteiger partial charge on any atom is 0.124 e. The van der Waals surface area contributed by atoms with E-state index in [9.17, 15) is 10.2 Å². The van der Waals surface area contributed by atoms with Crippen molar-refractivity contribution in [1.82, 2.24) is 4.90 Å². The molecule has 0 aromatic heterocycles. The molecule has 4 heteroatoms. The van der Waals surface area contributed by atoms with E-state index in [0.29, 0.717) is 12.6 Å². The van der Waals surface area contributed by atoms with E-state index < -0.39 is 0 Å². The Morgan fingerprint density at radius 3 is 2.88 bits per heavy atom. The van der Waals surface area contributed by atoms with E-state index in [-0.39, 0.29) is 17.5 Å². The van der Waals surface area contributed by atoms with Crippen LogP contribution in [0.1, 0.15) is 31.4 Å². The highest BCUT2D eigenvalue weighted by atomic mass is 16.3. The van der Waals surface area contributed by atoms with Crippen molar-refractivity contribution in [3.63, 3.8) is 0 Å². The number of likely N-dealkylation sites (tertiary alicyclic amines) is 1. The fourth-order valence-electron chi connectivity index (χ4n) is 2.68. The lowest BCUT2D eigenvalue weighted by molar-refractivity contribution is 0.194. The zero-order valence-corrected chi connectivity index (χ0v) is 10.1. The van der Waals surface area contributed by atoms with Crippen molar-refractivity contribution in [1.29, 1.82) is 0 Å². The lowest BCUT2D eigenvalue weighted by atomic mass is 10.0. The molecule has 0 spiro atoms. The van der Waals surface area contributed by atoms with Crippen LogP contribution in [-0.4, -0.2) is 34.2 Å². The van der Waals surface area contributed by atoms with Crippen LogP contribution in [0.4, 0.5) is 0 Å². The summed E-state index contributed by atoms with van der Waals surface area (Å²) in [6.07, 6.45) is 2.28. The predicted octanol–water partition coefficient (Wildman–Crippen LogP) is 1.58. The van der Waals surface area contributed by atoms with Gasteiger partial charge in [-0.3, -0.25) is 4.90 Å². The fraction of sp³-hybridized carbons (Fsp3) is 0.538. The summed E-state index contributed by atoms with van der Waals surface area (Å²) >= 11 is 0. The Bertz CT molecular complexity index is 395. The lowest BCUT2D eigenvalue weighted by Crippen LogP contribution is -2.37. The number of rotatable bonds is 3. The van der Waals surface area contributed by atoms with Gasteiger partial charge in [0, 0.05) is 30.3 Å². The Hall–Kier alpha value is -1.26. The Morgan fingerprint density at radius 1 is 1.47 bits per heavy atom. The smallest absolute Gasteiger partial charge is 0.124 e. The quantitative estimate of drug-likeness (QED) is 0.745. The molecule has 1 aliphatic heterocycles. The molecule has 1 saturated heterocycles. The van der Waals surface area contributed by atoms with E-state index >= 15 is 0 Å². The number of phenols is 2. The van der Waals surface area contributed by atoms with E-state index in [0.717, 1.165) is 24.9 Å². The van der Waals surface area contributed by atoms with Crippen LogP contribution in [-0.2, 0) is 0 Å². The topological polar surface area (TPSA) is 69.7 Å². The van der Waals surface area contributed by atoms with Gasteiger partial charge in [-0.05, 0) is 32.4 Å². The average molecular weight is 236 g/mol. The van der Waals surface area contributed by atoms with Gasteiger partial charge < -0.3 is 15.9 Å². The van der Waals surface area contributed by atoms with E-state index in [1.54, 1.807) is 12.1 Å². The molecule has 17 heavy (non-hydrogen) atoms. The number of hydrogen-bond donors (Lipinski definition) is 3. The summed E-state index contributed by atoms with van der Waals surface area (Å²) in [5.41, 5.74) is 6.61. The highest BCUT2D eigenvalue weighted by molar-refractivity contribution is 5.40. The molecule has 0 amide bonds. The Balaban J connectivity index is 2.21. The minimum absolute atomic E-state index is 0.0928. The van der Waals surface area contributed by atoms with Gasteiger partial charge >= 0.3 is 0 Å². The number of nitrogens with zero attached hydrogens (tertiary/aromatic N) is 1. The van der Waals surface area contributed by atoms with Gasteiger partial charge in [0.25, 0.3) is 0 Å². The van der Waals surface area contributed by atoms with Crippen molar-refractivity contribution in [3.05, 3.63) is 23.8 Å². The Morgan fingerprint density at radius 2 is 2.24 bits per heavy atom. The normalized spacial score (nSPS) is 22.8. The SMILES string of the molecule is CC(c1ccc(O)cc1O)N1CCCC1CN. The number of benzene rings is 1. The molecule has 1 fully saturated rings. The van der Waals surface area contributed by atoms with Gasteiger partial charge in [-0.2, -0.15) is 0 Å². The molecule has 0 bridgehead atoms. The molecule has 0 aliphatic carbocycles. The molecule has 1 aromatic carbocycles. The lowest BCUT2D eigenvalue weighted by Gasteiger charge is -2.30. The van der Waals surface area contributed by atoms with Crippen molar-refractivity contribution in [2.24, 2.45) is 5.73 Å². The van der Waals surface area contributed by atoms with Crippen LogP contribution in [0.5, 0.6) is 11.5 Å². The first kappa shape index (κ1) is 12.2. The number of phenolic OH excluding ortho intramolecular Hbond substituents is 2. The molecule has 4 nitrogen and oxygen atoms in total. The molecule has 0 radical (unpaired) electrons. The second kappa shape index (κ2) is 4.94. The summed E-state index contributed by atoms with van der Waals surface area (Å²) in [5.74, 6) is 0.246. The molecule has 2 rings (SSSR count). The highest BCUT2D eigenvalue weighted by Crippen LogP contribution is 2.34. The molecule has 2 atom stereocenters. The molecular weight excluding hydrogens is 216 g/mol. The van der Waals surface area contributed by atoms with Crippen molar-refractivity contribution in [3.8, 4) is 11.5 Å². The maximum atomic E-state index is 9.86. The first-order chi connectivity index (χ1) is 8.13. The summed E-state index contributed by atoms with van der Waals surface area (Å²) in [6, 6.07) is 5.31. The zero-order chi connectivity index (χ0) is 12.4. The molecule has 1 aromatic rings. The maximum absolute atomic E-state index is 9.86. The van der Waals surface area contributed by atoms with Crippen LogP contribution >= 0.6 is 0 Å². The standard InChI is InChI=1S/C13H20N2O2/c1-9(15-6-2-3-10(15)8-14)12-5-4-11(16)7-13(12)17/h4-5,7,9-10,16-17H,2-3,6,8,14H2,1H3. The minimum Gasteiger partial charge on any atom is -0.508 e. The van der Waals surface area contributed by atoms with Gasteiger partial charge in [0.2, 0.25) is 0 Å². The molecule has 94 valence electrons. The van der Waals surface area contributed by atoms with Crippen LogP contribution < -0.4 is 5.73 Å². The first-order valence-electron chi connectivity index (χ1n) is 6.11. The Kier molecular flexibility index (Phi) is 3.54. The first-order valence-corrected chi connectivity index (χ1v) is 6.11. The summed E-state index contributed by atoms with van der Waals surface area (Å²) in [5, 5.41) is 19.2. The predicted molar refractivity (Wildman–Crippen MR) is 67.0 cm³/mol. The van der Waals surface area contributed by atoms with Crippen LogP contribution in [0.2, 0.25) is 0 Å². The monoisotopic (exact) mass is 236 g/mol. The van der Waals surface area contributed by atoms with Gasteiger partial charge in [0.1, 0.15) is 11.5 Å². The summed E-state index contributed by atoms with van der Waals surface area (Å²) in [7, 11) is 0. The largest absolute Gasteiger partial charge is 0.508 e. The summed E-state index contributed by atoms with van der Waals surface area (Å²) < 4.78 is 0. The molecule has 1 aliphatic rings. The van der Waals surface area contributed by atoms with Gasteiger partial charge in [0.15, 0.2) is 0 Å². The van der Waals surface area contributed by atoms with Gasteiger partial charge in [-0.1, -0.05) is 6.07 Å². The van der Waals surface area contributed by atoms with Gasteiger partial charge in [0.05, 0.1) is 0 Å². The highest BCUT2D eigenvalue weighted by Gasteiger charge is 2.29. The van der Waals surface area contributed by atoms with Gasteiger partial charge in [-0.15, -0.1) is 0 Å². The third kappa shape index (κ3) is 2.37. The number of nitrogens with two attached hydrogens (primary N) is 1. The third-order valence-electron chi connectivity index (χ3n) is 3.66. The van der Waals surface area contributed by atoms with Crippen molar-refractivity contribution in [2.75, 3.05) is 13.1 Å². The number of aromatic hydroxyl groups is 2. The fourth-order valence-corrected chi connectivity index (χ4v) is 2.68. The van der Waals surface area contributed by atoms with E-state index in [4.69, 9.17) is 5.73 Å². The second-order valence-electron chi connectivity index (χ2n) is 4.69. The molecule has 0 saturated carbocycles. The number of hydrogen-bond acceptors (Lipinski definition) is 4. The van der Waals surface area contributed by atoms with Crippen molar-refractivity contribution < 1.29 is 10.2 Å².